The number of rotatable bonds is 1. The first-order valence-corrected chi connectivity index (χ1v) is 4.03. The maximum absolute atomic E-state index is 7.66. The molecule has 1 saturated heterocycles. The van der Waals surface area contributed by atoms with Crippen LogP contribution in [0.3, 0.4) is 0 Å². The third-order valence-electron chi connectivity index (χ3n) is 1.94. The van der Waals surface area contributed by atoms with Crippen molar-refractivity contribution < 1.29 is 0 Å². The summed E-state index contributed by atoms with van der Waals surface area (Å²) in [6.45, 7) is 3.57. The highest BCUT2D eigenvalue weighted by molar-refractivity contribution is 5.86. The summed E-state index contributed by atoms with van der Waals surface area (Å²) in [5.74, 6) is 0.409. The molecule has 1 fully saturated rings. The smallest absolute Gasteiger partial charge is 0.198 e. The highest BCUT2D eigenvalue weighted by Gasteiger charge is 2.14. The van der Waals surface area contributed by atoms with Crippen molar-refractivity contribution in [3.8, 4) is 0 Å². The summed E-state index contributed by atoms with van der Waals surface area (Å²) in [7, 11) is 1.72. The maximum Gasteiger partial charge on any atom is 0.198 e. The van der Waals surface area contributed by atoms with Gasteiger partial charge in [0.25, 0.3) is 0 Å². The number of hydrogen-bond acceptors (Lipinski definition) is 3. The van der Waals surface area contributed by atoms with Gasteiger partial charge in [-0.25, -0.2) is 0 Å². The normalized spacial score (nSPS) is 17.2. The van der Waals surface area contributed by atoms with E-state index in [1.54, 1.807) is 7.05 Å². The second-order valence-electron chi connectivity index (χ2n) is 2.80. The van der Waals surface area contributed by atoms with E-state index in [0.29, 0.717) is 5.96 Å². The SMILES string of the molecule is CN(C=N)C(=N)N1CCNCC1. The fraction of sp³-hybridized carbons (Fsp3) is 0.714. The van der Waals surface area contributed by atoms with Gasteiger partial charge in [0.05, 0.1) is 6.34 Å². The molecule has 1 aliphatic heterocycles. The van der Waals surface area contributed by atoms with Crippen molar-refractivity contribution in [2.24, 2.45) is 0 Å². The van der Waals surface area contributed by atoms with Crippen LogP contribution >= 0.6 is 0 Å². The number of guanidine groups is 1. The molecule has 0 radical (unpaired) electrons. The summed E-state index contributed by atoms with van der Waals surface area (Å²) < 4.78 is 0. The molecule has 0 aromatic carbocycles. The van der Waals surface area contributed by atoms with Gasteiger partial charge in [0.2, 0.25) is 0 Å². The van der Waals surface area contributed by atoms with Gasteiger partial charge in [-0.05, 0) is 0 Å². The Balaban J connectivity index is 2.44. The predicted octanol–water partition coefficient (Wildman–Crippen LogP) is -0.635. The van der Waals surface area contributed by atoms with Crippen LogP contribution in [-0.2, 0) is 0 Å². The first-order chi connectivity index (χ1) is 5.75. The molecule has 0 aromatic heterocycles. The fourth-order valence-electron chi connectivity index (χ4n) is 1.16. The Hall–Kier alpha value is -1.10. The standard InChI is InChI=1S/C7H15N5/c1-11(6-8)7(9)12-4-2-10-3-5-12/h6,8-10H,2-5H2,1H3. The zero-order valence-corrected chi connectivity index (χ0v) is 7.30. The average Bonchev–Trinajstić information content (AvgIpc) is 2.17. The minimum Gasteiger partial charge on any atom is -0.340 e. The van der Waals surface area contributed by atoms with Gasteiger partial charge in [-0.1, -0.05) is 0 Å². The van der Waals surface area contributed by atoms with E-state index in [0.717, 1.165) is 32.5 Å². The van der Waals surface area contributed by atoms with Crippen molar-refractivity contribution >= 4 is 12.3 Å². The third kappa shape index (κ3) is 1.94. The molecular formula is C7H15N5. The molecule has 0 atom stereocenters. The van der Waals surface area contributed by atoms with Crippen LogP contribution in [0.4, 0.5) is 0 Å². The Morgan fingerprint density at radius 2 is 2.08 bits per heavy atom. The van der Waals surface area contributed by atoms with Crippen LogP contribution in [0.15, 0.2) is 0 Å². The molecule has 0 bridgehead atoms. The van der Waals surface area contributed by atoms with Crippen LogP contribution in [0.25, 0.3) is 0 Å². The third-order valence-corrected chi connectivity index (χ3v) is 1.94. The fourth-order valence-corrected chi connectivity index (χ4v) is 1.16. The van der Waals surface area contributed by atoms with E-state index >= 15 is 0 Å². The largest absolute Gasteiger partial charge is 0.340 e. The lowest BCUT2D eigenvalue weighted by molar-refractivity contribution is 0.331. The molecule has 5 heteroatoms. The van der Waals surface area contributed by atoms with Crippen molar-refractivity contribution in [3.63, 3.8) is 0 Å². The number of hydrogen-bond donors (Lipinski definition) is 3. The van der Waals surface area contributed by atoms with E-state index < -0.39 is 0 Å². The topological polar surface area (TPSA) is 66.2 Å². The molecule has 0 unspecified atom stereocenters. The van der Waals surface area contributed by atoms with Gasteiger partial charge in [-0.3, -0.25) is 10.8 Å². The van der Waals surface area contributed by atoms with Gasteiger partial charge in [0.15, 0.2) is 5.96 Å². The van der Waals surface area contributed by atoms with E-state index in [2.05, 4.69) is 5.32 Å². The Labute approximate surface area is 72.4 Å². The summed E-state index contributed by atoms with van der Waals surface area (Å²) in [6, 6.07) is 0. The highest BCUT2D eigenvalue weighted by atomic mass is 15.4. The Kier molecular flexibility index (Phi) is 3.04. The zero-order valence-electron chi connectivity index (χ0n) is 7.30. The molecule has 12 heavy (non-hydrogen) atoms. The van der Waals surface area contributed by atoms with Gasteiger partial charge in [0.1, 0.15) is 0 Å². The lowest BCUT2D eigenvalue weighted by Gasteiger charge is -2.32. The predicted molar refractivity (Wildman–Crippen MR) is 48.7 cm³/mol. The van der Waals surface area contributed by atoms with Crippen molar-refractivity contribution in [2.45, 2.75) is 0 Å². The minimum atomic E-state index is 0.409. The molecule has 1 aliphatic rings. The summed E-state index contributed by atoms with van der Waals surface area (Å²) >= 11 is 0. The molecule has 1 heterocycles. The van der Waals surface area contributed by atoms with Crippen LogP contribution in [-0.4, -0.2) is 55.3 Å². The van der Waals surface area contributed by atoms with E-state index in [-0.39, 0.29) is 0 Å². The first-order valence-electron chi connectivity index (χ1n) is 4.03. The highest BCUT2D eigenvalue weighted by Crippen LogP contribution is 1.95. The monoisotopic (exact) mass is 169 g/mol. The second kappa shape index (κ2) is 4.06. The minimum absolute atomic E-state index is 0.409. The molecule has 3 N–H and O–H groups in total. The van der Waals surface area contributed by atoms with E-state index in [9.17, 15) is 0 Å². The molecule has 0 saturated carbocycles. The molecule has 0 aromatic rings. The Morgan fingerprint density at radius 1 is 1.50 bits per heavy atom. The van der Waals surface area contributed by atoms with Crippen molar-refractivity contribution in [2.75, 3.05) is 33.2 Å². The lowest BCUT2D eigenvalue weighted by atomic mass is 10.4. The van der Waals surface area contributed by atoms with Crippen LogP contribution < -0.4 is 5.32 Å². The van der Waals surface area contributed by atoms with Crippen LogP contribution in [0.5, 0.6) is 0 Å². The quantitative estimate of drug-likeness (QED) is 0.361. The van der Waals surface area contributed by atoms with Gasteiger partial charge in [-0.15, -0.1) is 0 Å². The number of nitrogens with one attached hydrogen (secondary N) is 3. The second-order valence-corrected chi connectivity index (χ2v) is 2.80. The molecule has 5 nitrogen and oxygen atoms in total. The molecule has 68 valence electrons. The summed E-state index contributed by atoms with van der Waals surface area (Å²) in [4.78, 5) is 3.47. The summed E-state index contributed by atoms with van der Waals surface area (Å²) in [5.41, 5.74) is 0. The van der Waals surface area contributed by atoms with Gasteiger partial charge in [0, 0.05) is 33.2 Å². The van der Waals surface area contributed by atoms with Crippen molar-refractivity contribution in [1.82, 2.24) is 15.1 Å². The van der Waals surface area contributed by atoms with E-state index in [1.165, 1.54) is 4.90 Å². The Morgan fingerprint density at radius 3 is 2.58 bits per heavy atom. The van der Waals surface area contributed by atoms with Gasteiger partial charge < -0.3 is 15.1 Å². The zero-order chi connectivity index (χ0) is 8.97. The first kappa shape index (κ1) is 8.99. The molecule has 0 aliphatic carbocycles. The van der Waals surface area contributed by atoms with Crippen LogP contribution in [0, 0.1) is 10.8 Å². The summed E-state index contributed by atoms with van der Waals surface area (Å²) in [5, 5.41) is 17.9. The lowest BCUT2D eigenvalue weighted by Crippen LogP contribution is -2.50. The van der Waals surface area contributed by atoms with E-state index in [1.807, 2.05) is 4.90 Å². The number of nitrogens with zero attached hydrogens (tertiary/aromatic N) is 2. The maximum atomic E-state index is 7.66. The van der Waals surface area contributed by atoms with E-state index in [4.69, 9.17) is 10.8 Å². The van der Waals surface area contributed by atoms with Crippen molar-refractivity contribution in [3.05, 3.63) is 0 Å². The van der Waals surface area contributed by atoms with Gasteiger partial charge in [-0.2, -0.15) is 0 Å². The summed E-state index contributed by atoms with van der Waals surface area (Å²) in [6.07, 6.45) is 1.16. The van der Waals surface area contributed by atoms with Crippen LogP contribution in [0.2, 0.25) is 0 Å². The molecule has 0 amide bonds. The average molecular weight is 169 g/mol. The molecular weight excluding hydrogens is 154 g/mol. The van der Waals surface area contributed by atoms with Crippen molar-refractivity contribution in [1.29, 1.82) is 10.8 Å². The number of piperazine rings is 1. The van der Waals surface area contributed by atoms with Crippen LogP contribution in [0.1, 0.15) is 0 Å². The van der Waals surface area contributed by atoms with Gasteiger partial charge >= 0.3 is 0 Å². The Bertz CT molecular complexity index is 173. The molecule has 1 rings (SSSR count). The molecule has 0 spiro atoms.